The fourth-order valence-electron chi connectivity index (χ4n) is 1.77. The highest BCUT2D eigenvalue weighted by atomic mass is 16.4. The summed E-state index contributed by atoms with van der Waals surface area (Å²) in [5, 5.41) is 23.5. The van der Waals surface area contributed by atoms with Gasteiger partial charge in [-0.15, -0.1) is 0 Å². The Morgan fingerprint density at radius 3 is 2.63 bits per heavy atom. The van der Waals surface area contributed by atoms with Crippen molar-refractivity contribution in [3.05, 3.63) is 48.4 Å². The minimum Gasteiger partial charge on any atom is -0.477 e. The number of nitrogens with one attached hydrogen (secondary N) is 1. The molecule has 3 rings (SSSR count). The lowest BCUT2D eigenvalue weighted by Crippen LogP contribution is -2.00. The molecule has 0 spiro atoms. The van der Waals surface area contributed by atoms with Crippen LogP contribution in [0.25, 0.3) is 16.9 Å². The standard InChI is InChI=1S/C12H9N5O2/c18-12(19)10-7-9(15-16-10)8-3-1-2-4-11(8)17-13-5-6-14-17/h1-7H,(H,15,16)(H,18,19). The molecular formula is C12H9N5O2. The quantitative estimate of drug-likeness (QED) is 0.736. The van der Waals surface area contributed by atoms with E-state index in [1.54, 1.807) is 12.4 Å². The van der Waals surface area contributed by atoms with Gasteiger partial charge in [0.1, 0.15) is 5.69 Å². The lowest BCUT2D eigenvalue weighted by Gasteiger charge is -2.05. The number of carboxylic acid groups (broad SMARTS) is 1. The van der Waals surface area contributed by atoms with Gasteiger partial charge in [0.25, 0.3) is 0 Å². The Morgan fingerprint density at radius 2 is 1.95 bits per heavy atom. The second-order valence-electron chi connectivity index (χ2n) is 3.81. The van der Waals surface area contributed by atoms with Crippen LogP contribution >= 0.6 is 0 Å². The molecule has 0 atom stereocenters. The second-order valence-corrected chi connectivity index (χ2v) is 3.81. The van der Waals surface area contributed by atoms with Crippen molar-refractivity contribution in [2.24, 2.45) is 0 Å². The van der Waals surface area contributed by atoms with Gasteiger partial charge in [-0.1, -0.05) is 18.2 Å². The van der Waals surface area contributed by atoms with Crippen molar-refractivity contribution >= 4 is 5.97 Å². The van der Waals surface area contributed by atoms with Crippen LogP contribution in [0.15, 0.2) is 42.7 Å². The Labute approximate surface area is 107 Å². The smallest absolute Gasteiger partial charge is 0.353 e. The van der Waals surface area contributed by atoms with Crippen LogP contribution in [0.2, 0.25) is 0 Å². The Hall–Kier alpha value is -2.96. The van der Waals surface area contributed by atoms with Crippen LogP contribution in [0.1, 0.15) is 10.5 Å². The third kappa shape index (κ3) is 1.97. The van der Waals surface area contributed by atoms with Gasteiger partial charge >= 0.3 is 5.97 Å². The maximum absolute atomic E-state index is 10.9. The number of carboxylic acids is 1. The molecule has 0 saturated heterocycles. The van der Waals surface area contributed by atoms with Crippen molar-refractivity contribution in [2.75, 3.05) is 0 Å². The normalized spacial score (nSPS) is 10.5. The van der Waals surface area contributed by atoms with E-state index in [0.29, 0.717) is 5.69 Å². The molecule has 7 nitrogen and oxygen atoms in total. The minimum absolute atomic E-state index is 0.0400. The molecular weight excluding hydrogens is 246 g/mol. The number of benzene rings is 1. The van der Waals surface area contributed by atoms with Crippen LogP contribution < -0.4 is 0 Å². The molecule has 2 N–H and O–H groups in total. The maximum Gasteiger partial charge on any atom is 0.353 e. The first-order valence-corrected chi connectivity index (χ1v) is 5.50. The van der Waals surface area contributed by atoms with Gasteiger partial charge in [-0.2, -0.15) is 20.1 Å². The molecule has 0 aliphatic heterocycles. The summed E-state index contributed by atoms with van der Waals surface area (Å²) in [6.45, 7) is 0. The molecule has 0 saturated carbocycles. The van der Waals surface area contributed by atoms with Crippen molar-refractivity contribution in [1.82, 2.24) is 25.2 Å². The van der Waals surface area contributed by atoms with Crippen LogP contribution in [0.3, 0.4) is 0 Å². The number of aromatic amines is 1. The Bertz CT molecular complexity index is 717. The molecule has 0 unspecified atom stereocenters. The molecule has 7 heteroatoms. The van der Waals surface area contributed by atoms with E-state index in [-0.39, 0.29) is 5.69 Å². The number of nitrogens with zero attached hydrogens (tertiary/aromatic N) is 4. The molecule has 0 amide bonds. The van der Waals surface area contributed by atoms with Crippen LogP contribution in [0.4, 0.5) is 0 Å². The molecule has 0 fully saturated rings. The van der Waals surface area contributed by atoms with E-state index < -0.39 is 5.97 Å². The molecule has 3 aromatic rings. The average molecular weight is 255 g/mol. The number of para-hydroxylation sites is 1. The summed E-state index contributed by atoms with van der Waals surface area (Å²) < 4.78 is 0. The summed E-state index contributed by atoms with van der Waals surface area (Å²) in [5.74, 6) is -1.05. The van der Waals surface area contributed by atoms with Gasteiger partial charge in [0, 0.05) is 5.56 Å². The van der Waals surface area contributed by atoms with Gasteiger partial charge in [-0.3, -0.25) is 5.10 Å². The average Bonchev–Trinajstić information content (AvgIpc) is 3.10. The van der Waals surface area contributed by atoms with E-state index in [2.05, 4.69) is 20.4 Å². The van der Waals surface area contributed by atoms with E-state index in [9.17, 15) is 4.79 Å². The number of H-pyrrole nitrogens is 1. The molecule has 1 aromatic carbocycles. The lowest BCUT2D eigenvalue weighted by atomic mass is 10.1. The molecule has 2 heterocycles. The summed E-state index contributed by atoms with van der Waals surface area (Å²) in [4.78, 5) is 12.3. The van der Waals surface area contributed by atoms with Crippen molar-refractivity contribution in [3.63, 3.8) is 0 Å². The largest absolute Gasteiger partial charge is 0.477 e. The van der Waals surface area contributed by atoms with Crippen molar-refractivity contribution < 1.29 is 9.90 Å². The molecule has 0 aliphatic rings. The first-order chi connectivity index (χ1) is 9.25. The number of hydrogen-bond acceptors (Lipinski definition) is 4. The number of carbonyl (C=O) groups is 1. The molecule has 19 heavy (non-hydrogen) atoms. The number of aromatic nitrogens is 5. The van der Waals surface area contributed by atoms with Crippen LogP contribution in [-0.4, -0.2) is 36.3 Å². The zero-order valence-electron chi connectivity index (χ0n) is 9.69. The van der Waals surface area contributed by atoms with Crippen LogP contribution in [0.5, 0.6) is 0 Å². The molecule has 0 radical (unpaired) electrons. The molecule has 94 valence electrons. The van der Waals surface area contributed by atoms with Gasteiger partial charge < -0.3 is 5.11 Å². The number of hydrogen-bond donors (Lipinski definition) is 2. The SMILES string of the molecule is O=C(O)c1cc(-c2ccccc2-n2nccn2)n[nH]1. The van der Waals surface area contributed by atoms with E-state index >= 15 is 0 Å². The van der Waals surface area contributed by atoms with E-state index in [1.807, 2.05) is 24.3 Å². The summed E-state index contributed by atoms with van der Waals surface area (Å²) in [6.07, 6.45) is 3.15. The predicted molar refractivity (Wildman–Crippen MR) is 65.9 cm³/mol. The topological polar surface area (TPSA) is 96.7 Å². The van der Waals surface area contributed by atoms with Gasteiger partial charge in [0.05, 0.1) is 23.8 Å². The highest BCUT2D eigenvalue weighted by Gasteiger charge is 2.13. The number of rotatable bonds is 3. The fourth-order valence-corrected chi connectivity index (χ4v) is 1.77. The second kappa shape index (κ2) is 4.37. The molecule has 2 aromatic heterocycles. The Balaban J connectivity index is 2.12. The monoisotopic (exact) mass is 255 g/mol. The van der Waals surface area contributed by atoms with Gasteiger partial charge in [0.2, 0.25) is 0 Å². The van der Waals surface area contributed by atoms with Crippen molar-refractivity contribution in [3.8, 4) is 16.9 Å². The van der Waals surface area contributed by atoms with E-state index in [1.165, 1.54) is 10.9 Å². The highest BCUT2D eigenvalue weighted by molar-refractivity contribution is 5.87. The first kappa shape index (κ1) is 11.1. The molecule has 0 bridgehead atoms. The predicted octanol–water partition coefficient (Wildman–Crippen LogP) is 1.36. The van der Waals surface area contributed by atoms with Crippen LogP contribution in [0, 0.1) is 0 Å². The third-order valence-electron chi connectivity index (χ3n) is 2.62. The van der Waals surface area contributed by atoms with Crippen molar-refractivity contribution in [2.45, 2.75) is 0 Å². The fraction of sp³-hybridized carbons (Fsp3) is 0. The molecule has 0 aliphatic carbocycles. The zero-order chi connectivity index (χ0) is 13.2. The van der Waals surface area contributed by atoms with Gasteiger partial charge in [-0.25, -0.2) is 4.79 Å². The number of aromatic carboxylic acids is 1. The summed E-state index contributed by atoms with van der Waals surface area (Å²) in [7, 11) is 0. The van der Waals surface area contributed by atoms with Gasteiger partial charge in [-0.05, 0) is 12.1 Å². The summed E-state index contributed by atoms with van der Waals surface area (Å²) >= 11 is 0. The van der Waals surface area contributed by atoms with Crippen LogP contribution in [-0.2, 0) is 0 Å². The Morgan fingerprint density at radius 1 is 1.21 bits per heavy atom. The Kier molecular flexibility index (Phi) is 2.57. The maximum atomic E-state index is 10.9. The van der Waals surface area contributed by atoms with E-state index in [0.717, 1.165) is 11.3 Å². The lowest BCUT2D eigenvalue weighted by molar-refractivity contribution is 0.0690. The minimum atomic E-state index is -1.05. The third-order valence-corrected chi connectivity index (χ3v) is 2.62. The summed E-state index contributed by atoms with van der Waals surface area (Å²) in [5.41, 5.74) is 2.06. The van der Waals surface area contributed by atoms with Gasteiger partial charge in [0.15, 0.2) is 0 Å². The summed E-state index contributed by atoms with van der Waals surface area (Å²) in [6, 6.07) is 8.85. The first-order valence-electron chi connectivity index (χ1n) is 5.50. The zero-order valence-corrected chi connectivity index (χ0v) is 9.69. The van der Waals surface area contributed by atoms with E-state index in [4.69, 9.17) is 5.11 Å². The van der Waals surface area contributed by atoms with Crippen molar-refractivity contribution in [1.29, 1.82) is 0 Å². The highest BCUT2D eigenvalue weighted by Crippen LogP contribution is 2.24.